The molecule has 1 aromatic carbocycles. The minimum absolute atomic E-state index is 0.310. The highest BCUT2D eigenvalue weighted by Crippen LogP contribution is 2.15. The summed E-state index contributed by atoms with van der Waals surface area (Å²) in [6.07, 6.45) is 2.44. The summed E-state index contributed by atoms with van der Waals surface area (Å²) < 4.78 is 10.6. The van der Waals surface area contributed by atoms with Crippen molar-refractivity contribution in [2.75, 3.05) is 19.8 Å². The maximum atomic E-state index is 11.8. The SMILES string of the molecule is N[C@H](Cc1ccccc1)C(=O)OCC1CCOCC1. The fraction of sp³-hybridized carbons (Fsp3) is 0.533. The predicted molar refractivity (Wildman–Crippen MR) is 72.6 cm³/mol. The van der Waals surface area contributed by atoms with E-state index in [-0.39, 0.29) is 5.97 Å². The van der Waals surface area contributed by atoms with Crippen LogP contribution in [0.1, 0.15) is 18.4 Å². The fourth-order valence-corrected chi connectivity index (χ4v) is 2.17. The van der Waals surface area contributed by atoms with Crippen LogP contribution >= 0.6 is 0 Å². The molecule has 2 N–H and O–H groups in total. The van der Waals surface area contributed by atoms with E-state index in [1.54, 1.807) is 0 Å². The standard InChI is InChI=1S/C15H21NO3/c16-14(10-12-4-2-1-3-5-12)15(17)19-11-13-6-8-18-9-7-13/h1-5,13-14H,6-11,16H2/t14-/m1/s1. The lowest BCUT2D eigenvalue weighted by Crippen LogP contribution is -2.35. The molecule has 0 saturated carbocycles. The molecule has 1 aromatic rings. The van der Waals surface area contributed by atoms with E-state index in [0.29, 0.717) is 18.9 Å². The first-order valence-corrected chi connectivity index (χ1v) is 6.79. The van der Waals surface area contributed by atoms with Crippen molar-refractivity contribution in [2.45, 2.75) is 25.3 Å². The van der Waals surface area contributed by atoms with Crippen LogP contribution in [0, 0.1) is 5.92 Å². The first-order chi connectivity index (χ1) is 9.25. The normalized spacial score (nSPS) is 17.9. The number of rotatable bonds is 5. The highest BCUT2D eigenvalue weighted by Gasteiger charge is 2.19. The van der Waals surface area contributed by atoms with E-state index in [1.165, 1.54) is 0 Å². The van der Waals surface area contributed by atoms with Gasteiger partial charge in [-0.2, -0.15) is 0 Å². The summed E-state index contributed by atoms with van der Waals surface area (Å²) in [5.41, 5.74) is 6.92. The molecule has 0 aromatic heterocycles. The second-order valence-corrected chi connectivity index (χ2v) is 4.98. The third-order valence-electron chi connectivity index (χ3n) is 3.40. The number of benzene rings is 1. The summed E-state index contributed by atoms with van der Waals surface area (Å²) in [6.45, 7) is 1.99. The largest absolute Gasteiger partial charge is 0.464 e. The molecule has 1 fully saturated rings. The highest BCUT2D eigenvalue weighted by molar-refractivity contribution is 5.75. The van der Waals surface area contributed by atoms with Gasteiger partial charge >= 0.3 is 5.97 Å². The molecule has 1 aliphatic rings. The van der Waals surface area contributed by atoms with Crippen LogP contribution in [0.2, 0.25) is 0 Å². The molecular formula is C15H21NO3. The Kier molecular flexibility index (Phi) is 5.36. The Hall–Kier alpha value is -1.39. The third-order valence-corrected chi connectivity index (χ3v) is 3.40. The van der Waals surface area contributed by atoms with Crippen LogP contribution in [0.25, 0.3) is 0 Å². The second kappa shape index (κ2) is 7.26. The Morgan fingerprint density at radius 1 is 1.32 bits per heavy atom. The molecular weight excluding hydrogens is 242 g/mol. The maximum Gasteiger partial charge on any atom is 0.323 e. The summed E-state index contributed by atoms with van der Waals surface area (Å²) >= 11 is 0. The quantitative estimate of drug-likeness (QED) is 0.818. The lowest BCUT2D eigenvalue weighted by molar-refractivity contribution is -0.147. The Bertz CT molecular complexity index is 388. The Labute approximate surface area is 113 Å². The highest BCUT2D eigenvalue weighted by atomic mass is 16.5. The zero-order valence-electron chi connectivity index (χ0n) is 11.1. The van der Waals surface area contributed by atoms with E-state index in [1.807, 2.05) is 30.3 Å². The van der Waals surface area contributed by atoms with Crippen molar-refractivity contribution in [3.8, 4) is 0 Å². The van der Waals surface area contributed by atoms with Gasteiger partial charge in [0.05, 0.1) is 6.61 Å². The van der Waals surface area contributed by atoms with Crippen molar-refractivity contribution in [1.29, 1.82) is 0 Å². The summed E-state index contributed by atoms with van der Waals surface area (Å²) in [7, 11) is 0. The summed E-state index contributed by atoms with van der Waals surface area (Å²) in [4.78, 5) is 11.8. The first-order valence-electron chi connectivity index (χ1n) is 6.79. The van der Waals surface area contributed by atoms with Gasteiger partial charge in [0.2, 0.25) is 0 Å². The zero-order valence-corrected chi connectivity index (χ0v) is 11.1. The van der Waals surface area contributed by atoms with Gasteiger partial charge in [0.25, 0.3) is 0 Å². The van der Waals surface area contributed by atoms with Gasteiger partial charge in [-0.25, -0.2) is 0 Å². The molecule has 0 aliphatic carbocycles. The van der Waals surface area contributed by atoms with Crippen molar-refractivity contribution in [3.63, 3.8) is 0 Å². The number of esters is 1. The van der Waals surface area contributed by atoms with Crippen LogP contribution in [0.15, 0.2) is 30.3 Å². The molecule has 0 spiro atoms. The minimum Gasteiger partial charge on any atom is -0.464 e. The average Bonchev–Trinajstić information content (AvgIpc) is 2.47. The fourth-order valence-electron chi connectivity index (χ4n) is 2.17. The maximum absolute atomic E-state index is 11.8. The van der Waals surface area contributed by atoms with Crippen molar-refractivity contribution < 1.29 is 14.3 Å². The van der Waals surface area contributed by atoms with E-state index in [9.17, 15) is 4.79 Å². The van der Waals surface area contributed by atoms with E-state index in [2.05, 4.69) is 0 Å². The van der Waals surface area contributed by atoms with Crippen LogP contribution in [-0.4, -0.2) is 31.8 Å². The molecule has 1 atom stereocenters. The van der Waals surface area contributed by atoms with Crippen LogP contribution < -0.4 is 5.73 Å². The summed E-state index contributed by atoms with van der Waals surface area (Å²) in [6, 6.07) is 9.17. The number of carbonyl (C=O) groups excluding carboxylic acids is 1. The number of carbonyl (C=O) groups is 1. The molecule has 104 valence electrons. The van der Waals surface area contributed by atoms with Crippen molar-refractivity contribution in [1.82, 2.24) is 0 Å². The van der Waals surface area contributed by atoms with Gasteiger partial charge in [-0.15, -0.1) is 0 Å². The first kappa shape index (κ1) is 14.0. The number of ether oxygens (including phenoxy) is 2. The van der Waals surface area contributed by atoms with Gasteiger partial charge in [-0.3, -0.25) is 4.79 Å². The third kappa shape index (κ3) is 4.65. The van der Waals surface area contributed by atoms with E-state index in [4.69, 9.17) is 15.2 Å². The molecule has 4 heteroatoms. The summed E-state index contributed by atoms with van der Waals surface area (Å²) in [5.74, 6) is 0.108. The van der Waals surface area contributed by atoms with Gasteiger partial charge in [0.1, 0.15) is 6.04 Å². The molecule has 0 amide bonds. The molecule has 0 unspecified atom stereocenters. The molecule has 1 saturated heterocycles. The van der Waals surface area contributed by atoms with Crippen LogP contribution in [-0.2, 0) is 20.7 Å². The van der Waals surface area contributed by atoms with Crippen molar-refractivity contribution in [2.24, 2.45) is 11.7 Å². The topological polar surface area (TPSA) is 61.6 Å². The second-order valence-electron chi connectivity index (χ2n) is 4.98. The molecule has 2 rings (SSSR count). The van der Waals surface area contributed by atoms with Crippen molar-refractivity contribution in [3.05, 3.63) is 35.9 Å². The molecule has 4 nitrogen and oxygen atoms in total. The molecule has 0 bridgehead atoms. The van der Waals surface area contributed by atoms with E-state index < -0.39 is 6.04 Å². The van der Waals surface area contributed by atoms with Gasteiger partial charge in [0, 0.05) is 13.2 Å². The number of hydrogen-bond acceptors (Lipinski definition) is 4. The Morgan fingerprint density at radius 3 is 2.68 bits per heavy atom. The van der Waals surface area contributed by atoms with Gasteiger partial charge in [0.15, 0.2) is 0 Å². The zero-order chi connectivity index (χ0) is 13.5. The Balaban J connectivity index is 1.73. The smallest absolute Gasteiger partial charge is 0.323 e. The molecule has 0 radical (unpaired) electrons. The van der Waals surface area contributed by atoms with Gasteiger partial charge in [-0.05, 0) is 30.7 Å². The lowest BCUT2D eigenvalue weighted by atomic mass is 10.0. The van der Waals surface area contributed by atoms with Gasteiger partial charge < -0.3 is 15.2 Å². The predicted octanol–water partition coefficient (Wildman–Crippen LogP) is 1.53. The lowest BCUT2D eigenvalue weighted by Gasteiger charge is -2.22. The average molecular weight is 263 g/mol. The monoisotopic (exact) mass is 263 g/mol. The number of hydrogen-bond donors (Lipinski definition) is 1. The van der Waals surface area contributed by atoms with Crippen LogP contribution in [0.4, 0.5) is 0 Å². The van der Waals surface area contributed by atoms with Crippen LogP contribution in [0.3, 0.4) is 0 Å². The molecule has 1 aliphatic heterocycles. The minimum atomic E-state index is -0.581. The van der Waals surface area contributed by atoms with Crippen molar-refractivity contribution >= 4 is 5.97 Å². The van der Waals surface area contributed by atoms with E-state index in [0.717, 1.165) is 31.6 Å². The molecule has 19 heavy (non-hydrogen) atoms. The van der Waals surface area contributed by atoms with Crippen LogP contribution in [0.5, 0.6) is 0 Å². The molecule has 1 heterocycles. The Morgan fingerprint density at radius 2 is 2.00 bits per heavy atom. The van der Waals surface area contributed by atoms with E-state index >= 15 is 0 Å². The number of nitrogens with two attached hydrogens (primary N) is 1. The van der Waals surface area contributed by atoms with Gasteiger partial charge in [-0.1, -0.05) is 30.3 Å². The summed E-state index contributed by atoms with van der Waals surface area (Å²) in [5, 5.41) is 0.